The molecule has 0 unspecified atom stereocenters. The van der Waals surface area contributed by atoms with E-state index in [1.807, 2.05) is 0 Å². The van der Waals surface area contributed by atoms with Gasteiger partial charge in [0.25, 0.3) is 0 Å². The van der Waals surface area contributed by atoms with Crippen LogP contribution in [0.1, 0.15) is 12.8 Å². The zero-order valence-corrected chi connectivity index (χ0v) is 6.19. The van der Waals surface area contributed by atoms with Crippen molar-refractivity contribution in [2.75, 3.05) is 5.73 Å². The number of nitrogens with one attached hydrogen (secondary N) is 1. The molecule has 1 heterocycles. The largest absolute Gasteiger partial charge is 0.368 e. The van der Waals surface area contributed by atoms with Gasteiger partial charge in [0.2, 0.25) is 11.1 Å². The van der Waals surface area contributed by atoms with Crippen molar-refractivity contribution in [3.05, 3.63) is 0 Å². The van der Waals surface area contributed by atoms with Crippen LogP contribution in [0, 0.1) is 0 Å². The zero-order valence-electron chi connectivity index (χ0n) is 5.37. The highest BCUT2D eigenvalue weighted by atomic mass is 32.2. The number of anilines is 1. The van der Waals surface area contributed by atoms with Gasteiger partial charge >= 0.3 is 0 Å². The average molecular weight is 156 g/mol. The third-order valence-electron chi connectivity index (χ3n) is 1.28. The molecule has 1 saturated carbocycles. The van der Waals surface area contributed by atoms with Crippen LogP contribution in [-0.4, -0.2) is 20.4 Å². The molecule has 0 aromatic carbocycles. The Labute approximate surface area is 62.6 Å². The number of aromatic amines is 1. The molecule has 0 amide bonds. The Hall–Kier alpha value is -0.710. The Balaban J connectivity index is 2.03. The van der Waals surface area contributed by atoms with Gasteiger partial charge in [-0.3, -0.25) is 0 Å². The molecule has 1 aliphatic carbocycles. The van der Waals surface area contributed by atoms with Gasteiger partial charge in [-0.25, -0.2) is 5.10 Å². The summed E-state index contributed by atoms with van der Waals surface area (Å²) in [5, 5.41) is 8.02. The van der Waals surface area contributed by atoms with Crippen molar-refractivity contribution < 1.29 is 0 Å². The molecule has 0 radical (unpaired) electrons. The summed E-state index contributed by atoms with van der Waals surface area (Å²) in [5.41, 5.74) is 5.33. The van der Waals surface area contributed by atoms with Gasteiger partial charge < -0.3 is 5.73 Å². The molecule has 5 heteroatoms. The molecule has 1 aromatic heterocycles. The molecule has 0 aliphatic heterocycles. The van der Waals surface area contributed by atoms with Gasteiger partial charge in [-0.2, -0.15) is 4.98 Å². The lowest BCUT2D eigenvalue weighted by atomic mass is 11.0. The fourth-order valence-electron chi connectivity index (χ4n) is 0.646. The van der Waals surface area contributed by atoms with Crippen LogP contribution in [0.4, 0.5) is 5.95 Å². The predicted octanol–water partition coefficient (Wildman–Crippen LogP) is 0.641. The SMILES string of the molecule is Nc1nc(SC2CC2)n[nH]1. The molecule has 4 nitrogen and oxygen atoms in total. The van der Waals surface area contributed by atoms with E-state index in [1.165, 1.54) is 12.8 Å². The summed E-state index contributed by atoms with van der Waals surface area (Å²) in [5.74, 6) is 0.406. The first-order chi connectivity index (χ1) is 4.84. The highest BCUT2D eigenvalue weighted by Crippen LogP contribution is 2.37. The summed E-state index contributed by atoms with van der Waals surface area (Å²) >= 11 is 1.70. The smallest absolute Gasteiger partial charge is 0.216 e. The Morgan fingerprint density at radius 3 is 2.90 bits per heavy atom. The molecule has 1 aromatic rings. The normalized spacial score (nSPS) is 17.6. The van der Waals surface area contributed by atoms with Crippen molar-refractivity contribution in [2.45, 2.75) is 23.2 Å². The number of aromatic nitrogens is 3. The van der Waals surface area contributed by atoms with Crippen LogP contribution < -0.4 is 5.73 Å². The quantitative estimate of drug-likeness (QED) is 0.659. The second kappa shape index (κ2) is 2.16. The second-order valence-corrected chi connectivity index (χ2v) is 3.59. The van der Waals surface area contributed by atoms with Crippen molar-refractivity contribution >= 4 is 17.7 Å². The number of nitrogen functional groups attached to an aromatic ring is 1. The van der Waals surface area contributed by atoms with E-state index in [9.17, 15) is 0 Å². The van der Waals surface area contributed by atoms with Crippen LogP contribution in [0.5, 0.6) is 0 Å². The Morgan fingerprint density at radius 2 is 2.40 bits per heavy atom. The molecular formula is C5H8N4S. The number of hydrogen-bond acceptors (Lipinski definition) is 4. The first-order valence-electron chi connectivity index (χ1n) is 3.19. The summed E-state index contributed by atoms with van der Waals surface area (Å²) in [6.45, 7) is 0. The minimum atomic E-state index is 0.406. The summed E-state index contributed by atoms with van der Waals surface area (Å²) in [4.78, 5) is 3.96. The Bertz CT molecular complexity index is 229. The molecular weight excluding hydrogens is 148 g/mol. The summed E-state index contributed by atoms with van der Waals surface area (Å²) in [7, 11) is 0. The van der Waals surface area contributed by atoms with Gasteiger partial charge in [-0.1, -0.05) is 11.8 Å². The minimum Gasteiger partial charge on any atom is -0.368 e. The van der Waals surface area contributed by atoms with Crippen molar-refractivity contribution in [3.63, 3.8) is 0 Å². The Kier molecular flexibility index (Phi) is 1.30. The fourth-order valence-corrected chi connectivity index (χ4v) is 1.57. The van der Waals surface area contributed by atoms with Gasteiger partial charge in [0.05, 0.1) is 0 Å². The molecule has 2 rings (SSSR count). The summed E-state index contributed by atoms with van der Waals surface area (Å²) in [6, 6.07) is 0. The highest BCUT2D eigenvalue weighted by molar-refractivity contribution is 8.00. The standard InChI is InChI=1S/C5H8N4S/c6-4-7-5(9-8-4)10-3-1-2-3/h3H,1-2H2,(H3,6,7,8,9). The first kappa shape index (κ1) is 6.03. The lowest BCUT2D eigenvalue weighted by Gasteiger charge is -1.85. The fraction of sp³-hybridized carbons (Fsp3) is 0.600. The Morgan fingerprint density at radius 1 is 1.60 bits per heavy atom. The average Bonchev–Trinajstić information content (AvgIpc) is 2.59. The van der Waals surface area contributed by atoms with Crippen molar-refractivity contribution in [3.8, 4) is 0 Å². The number of thioether (sulfide) groups is 1. The molecule has 0 atom stereocenters. The lowest BCUT2D eigenvalue weighted by molar-refractivity contribution is 0.973. The van der Waals surface area contributed by atoms with E-state index in [0.717, 1.165) is 10.4 Å². The third kappa shape index (κ3) is 1.23. The van der Waals surface area contributed by atoms with E-state index in [-0.39, 0.29) is 0 Å². The highest BCUT2D eigenvalue weighted by Gasteiger charge is 2.24. The monoisotopic (exact) mass is 156 g/mol. The molecule has 3 N–H and O–H groups in total. The number of hydrogen-bond donors (Lipinski definition) is 2. The molecule has 0 saturated heterocycles. The maximum atomic E-state index is 5.33. The third-order valence-corrected chi connectivity index (χ3v) is 2.48. The number of nitrogens with zero attached hydrogens (tertiary/aromatic N) is 2. The van der Waals surface area contributed by atoms with Crippen molar-refractivity contribution in [1.82, 2.24) is 15.2 Å². The topological polar surface area (TPSA) is 67.6 Å². The van der Waals surface area contributed by atoms with Crippen LogP contribution >= 0.6 is 11.8 Å². The summed E-state index contributed by atoms with van der Waals surface area (Å²) < 4.78 is 0. The zero-order chi connectivity index (χ0) is 6.97. The van der Waals surface area contributed by atoms with Gasteiger partial charge in [-0.05, 0) is 12.8 Å². The second-order valence-electron chi connectivity index (χ2n) is 2.32. The van der Waals surface area contributed by atoms with Gasteiger partial charge in [-0.15, -0.1) is 5.10 Å². The number of nitrogens with two attached hydrogens (primary N) is 1. The van der Waals surface area contributed by atoms with Gasteiger partial charge in [0.15, 0.2) is 0 Å². The molecule has 1 aliphatic rings. The lowest BCUT2D eigenvalue weighted by Crippen LogP contribution is -1.85. The van der Waals surface area contributed by atoms with E-state index >= 15 is 0 Å². The van der Waals surface area contributed by atoms with E-state index in [2.05, 4.69) is 15.2 Å². The maximum Gasteiger partial charge on any atom is 0.216 e. The van der Waals surface area contributed by atoms with E-state index < -0.39 is 0 Å². The van der Waals surface area contributed by atoms with Crippen molar-refractivity contribution in [1.29, 1.82) is 0 Å². The van der Waals surface area contributed by atoms with Crippen LogP contribution in [0.25, 0.3) is 0 Å². The van der Waals surface area contributed by atoms with Crippen LogP contribution in [0.2, 0.25) is 0 Å². The van der Waals surface area contributed by atoms with E-state index in [0.29, 0.717) is 5.95 Å². The molecule has 10 heavy (non-hydrogen) atoms. The van der Waals surface area contributed by atoms with Crippen molar-refractivity contribution in [2.24, 2.45) is 0 Å². The van der Waals surface area contributed by atoms with E-state index in [4.69, 9.17) is 5.73 Å². The molecule has 0 bridgehead atoms. The first-order valence-corrected chi connectivity index (χ1v) is 4.07. The number of H-pyrrole nitrogens is 1. The van der Waals surface area contributed by atoms with Crippen LogP contribution in [0.3, 0.4) is 0 Å². The summed E-state index contributed by atoms with van der Waals surface area (Å²) in [6.07, 6.45) is 2.58. The van der Waals surface area contributed by atoms with Crippen LogP contribution in [0.15, 0.2) is 5.16 Å². The minimum absolute atomic E-state index is 0.406. The van der Waals surface area contributed by atoms with Gasteiger partial charge in [0, 0.05) is 5.25 Å². The van der Waals surface area contributed by atoms with Crippen LogP contribution in [-0.2, 0) is 0 Å². The van der Waals surface area contributed by atoms with E-state index in [1.54, 1.807) is 11.8 Å². The number of rotatable bonds is 2. The van der Waals surface area contributed by atoms with Gasteiger partial charge in [0.1, 0.15) is 0 Å². The predicted molar refractivity (Wildman–Crippen MR) is 39.7 cm³/mol. The molecule has 1 fully saturated rings. The molecule has 54 valence electrons. The molecule has 0 spiro atoms. The maximum absolute atomic E-state index is 5.33.